The molecule has 1 saturated heterocycles. The van der Waals surface area contributed by atoms with E-state index in [2.05, 4.69) is 32.9 Å². The molecule has 0 radical (unpaired) electrons. The van der Waals surface area contributed by atoms with Crippen LogP contribution in [0, 0.1) is 20.8 Å². The second-order valence-corrected chi connectivity index (χ2v) is 5.72. The van der Waals surface area contributed by atoms with E-state index in [0.717, 1.165) is 25.9 Å². The van der Waals surface area contributed by atoms with Crippen LogP contribution in [0.5, 0.6) is 0 Å². The molecule has 104 valence electrons. The summed E-state index contributed by atoms with van der Waals surface area (Å²) in [5, 5.41) is 0. The lowest BCUT2D eigenvalue weighted by Crippen LogP contribution is -2.43. The first-order valence-electron chi connectivity index (χ1n) is 7.10. The van der Waals surface area contributed by atoms with Crippen LogP contribution >= 0.6 is 0 Å². The number of likely N-dealkylation sites (tertiary alicyclic amines) is 1. The van der Waals surface area contributed by atoms with E-state index in [1.54, 1.807) is 0 Å². The minimum Gasteiger partial charge on any atom is -0.341 e. The fourth-order valence-electron chi connectivity index (χ4n) is 3.01. The number of nitrogens with zero attached hydrogens (tertiary/aromatic N) is 1. The normalized spacial score (nSPS) is 16.7. The lowest BCUT2D eigenvalue weighted by molar-refractivity contribution is -0.131. The van der Waals surface area contributed by atoms with Crippen LogP contribution in [0.25, 0.3) is 0 Å². The highest BCUT2D eigenvalue weighted by Gasteiger charge is 2.24. The van der Waals surface area contributed by atoms with Gasteiger partial charge in [0.05, 0.1) is 6.04 Å². The molecular weight excluding hydrogens is 236 g/mol. The van der Waals surface area contributed by atoms with Crippen molar-refractivity contribution in [2.24, 2.45) is 5.73 Å². The SMILES string of the molecule is Cc1cc(C)c(CC(N)C(=O)N2CCCC2)c(C)c1. The molecular formula is C16H24N2O. The first kappa shape index (κ1) is 14.1. The highest BCUT2D eigenvalue weighted by Crippen LogP contribution is 2.19. The summed E-state index contributed by atoms with van der Waals surface area (Å²) in [6.45, 7) is 8.04. The number of hydrogen-bond acceptors (Lipinski definition) is 2. The van der Waals surface area contributed by atoms with E-state index in [-0.39, 0.29) is 5.91 Å². The fourth-order valence-corrected chi connectivity index (χ4v) is 3.01. The third-order valence-corrected chi connectivity index (χ3v) is 4.00. The van der Waals surface area contributed by atoms with Gasteiger partial charge in [-0.3, -0.25) is 4.79 Å². The number of hydrogen-bond donors (Lipinski definition) is 1. The zero-order valence-electron chi connectivity index (χ0n) is 12.2. The van der Waals surface area contributed by atoms with Gasteiger partial charge in [-0.2, -0.15) is 0 Å². The Hall–Kier alpha value is -1.35. The van der Waals surface area contributed by atoms with Gasteiger partial charge in [0.2, 0.25) is 5.91 Å². The maximum atomic E-state index is 12.2. The highest BCUT2D eigenvalue weighted by atomic mass is 16.2. The average molecular weight is 260 g/mol. The molecule has 1 heterocycles. The van der Waals surface area contributed by atoms with Gasteiger partial charge in [-0.05, 0) is 56.7 Å². The lowest BCUT2D eigenvalue weighted by atomic mass is 9.94. The number of amides is 1. The molecule has 0 bridgehead atoms. The van der Waals surface area contributed by atoms with Crippen molar-refractivity contribution in [3.05, 3.63) is 34.4 Å². The summed E-state index contributed by atoms with van der Waals surface area (Å²) in [5.41, 5.74) is 11.1. The van der Waals surface area contributed by atoms with Gasteiger partial charge in [0, 0.05) is 13.1 Å². The maximum absolute atomic E-state index is 12.2. The molecule has 1 aromatic rings. The van der Waals surface area contributed by atoms with Crippen LogP contribution in [0.15, 0.2) is 12.1 Å². The first-order valence-corrected chi connectivity index (χ1v) is 7.10. The van der Waals surface area contributed by atoms with Crippen LogP contribution in [0.4, 0.5) is 0 Å². The molecule has 1 amide bonds. The number of rotatable bonds is 3. The number of benzene rings is 1. The molecule has 0 spiro atoms. The van der Waals surface area contributed by atoms with Crippen molar-refractivity contribution in [2.45, 2.75) is 46.1 Å². The van der Waals surface area contributed by atoms with Crippen LogP contribution in [-0.2, 0) is 11.2 Å². The molecule has 0 saturated carbocycles. The Kier molecular flexibility index (Phi) is 4.25. The van der Waals surface area contributed by atoms with E-state index in [1.807, 2.05) is 4.90 Å². The van der Waals surface area contributed by atoms with Crippen LogP contribution in [-0.4, -0.2) is 29.9 Å². The van der Waals surface area contributed by atoms with Crippen molar-refractivity contribution in [1.82, 2.24) is 4.90 Å². The smallest absolute Gasteiger partial charge is 0.239 e. The van der Waals surface area contributed by atoms with E-state index >= 15 is 0 Å². The minimum atomic E-state index is -0.404. The second-order valence-electron chi connectivity index (χ2n) is 5.72. The molecule has 2 N–H and O–H groups in total. The van der Waals surface area contributed by atoms with Crippen molar-refractivity contribution < 1.29 is 4.79 Å². The molecule has 1 aliphatic heterocycles. The Bertz CT molecular complexity index is 453. The summed E-state index contributed by atoms with van der Waals surface area (Å²) in [4.78, 5) is 14.1. The van der Waals surface area contributed by atoms with E-state index in [4.69, 9.17) is 5.73 Å². The van der Waals surface area contributed by atoms with Gasteiger partial charge in [-0.25, -0.2) is 0 Å². The van der Waals surface area contributed by atoms with Crippen molar-refractivity contribution in [3.63, 3.8) is 0 Å². The number of aryl methyl sites for hydroxylation is 3. The summed E-state index contributed by atoms with van der Waals surface area (Å²) >= 11 is 0. The number of carbonyl (C=O) groups is 1. The Morgan fingerprint density at radius 3 is 2.26 bits per heavy atom. The van der Waals surface area contributed by atoms with Gasteiger partial charge in [-0.15, -0.1) is 0 Å². The molecule has 0 aromatic heterocycles. The molecule has 1 unspecified atom stereocenters. The second kappa shape index (κ2) is 5.74. The standard InChI is InChI=1S/C16H24N2O/c1-11-8-12(2)14(13(3)9-11)10-15(17)16(19)18-6-4-5-7-18/h8-9,15H,4-7,10,17H2,1-3H3. The maximum Gasteiger partial charge on any atom is 0.239 e. The van der Waals surface area contributed by atoms with Crippen LogP contribution in [0.1, 0.15) is 35.1 Å². The highest BCUT2D eigenvalue weighted by molar-refractivity contribution is 5.82. The molecule has 1 atom stereocenters. The van der Waals surface area contributed by atoms with E-state index in [0.29, 0.717) is 6.42 Å². The van der Waals surface area contributed by atoms with Crippen molar-refractivity contribution in [3.8, 4) is 0 Å². The molecule has 1 aliphatic rings. The predicted octanol–water partition coefficient (Wildman–Crippen LogP) is 2.10. The monoisotopic (exact) mass is 260 g/mol. The minimum absolute atomic E-state index is 0.108. The third kappa shape index (κ3) is 3.16. The van der Waals surface area contributed by atoms with Crippen LogP contribution < -0.4 is 5.73 Å². The summed E-state index contributed by atoms with van der Waals surface area (Å²) in [6.07, 6.45) is 2.87. The topological polar surface area (TPSA) is 46.3 Å². The van der Waals surface area contributed by atoms with Gasteiger partial charge in [0.15, 0.2) is 0 Å². The Morgan fingerprint density at radius 1 is 1.21 bits per heavy atom. The quantitative estimate of drug-likeness (QED) is 0.904. The zero-order chi connectivity index (χ0) is 14.0. The summed E-state index contributed by atoms with van der Waals surface area (Å²) in [6, 6.07) is 3.92. The van der Waals surface area contributed by atoms with E-state index in [1.165, 1.54) is 22.3 Å². The third-order valence-electron chi connectivity index (χ3n) is 4.00. The number of nitrogens with two attached hydrogens (primary N) is 1. The van der Waals surface area contributed by atoms with E-state index in [9.17, 15) is 4.79 Å². The Labute approximate surface area is 115 Å². The molecule has 1 aromatic carbocycles. The van der Waals surface area contributed by atoms with Gasteiger partial charge in [0.1, 0.15) is 0 Å². The van der Waals surface area contributed by atoms with Gasteiger partial charge < -0.3 is 10.6 Å². The van der Waals surface area contributed by atoms with Crippen LogP contribution in [0.3, 0.4) is 0 Å². The first-order chi connectivity index (χ1) is 8.99. The lowest BCUT2D eigenvalue weighted by Gasteiger charge is -2.21. The van der Waals surface area contributed by atoms with Crippen molar-refractivity contribution >= 4 is 5.91 Å². The van der Waals surface area contributed by atoms with Crippen molar-refractivity contribution in [1.29, 1.82) is 0 Å². The zero-order valence-corrected chi connectivity index (χ0v) is 12.2. The number of carbonyl (C=O) groups excluding carboxylic acids is 1. The molecule has 1 fully saturated rings. The van der Waals surface area contributed by atoms with E-state index < -0.39 is 6.04 Å². The van der Waals surface area contributed by atoms with Crippen molar-refractivity contribution in [2.75, 3.05) is 13.1 Å². The van der Waals surface area contributed by atoms with Gasteiger partial charge >= 0.3 is 0 Å². The average Bonchev–Trinajstić information content (AvgIpc) is 2.86. The summed E-state index contributed by atoms with van der Waals surface area (Å²) < 4.78 is 0. The summed E-state index contributed by atoms with van der Waals surface area (Å²) in [7, 11) is 0. The van der Waals surface area contributed by atoms with Gasteiger partial charge in [0.25, 0.3) is 0 Å². The largest absolute Gasteiger partial charge is 0.341 e. The predicted molar refractivity (Wildman–Crippen MR) is 78.1 cm³/mol. The molecule has 0 aliphatic carbocycles. The Balaban J connectivity index is 2.10. The van der Waals surface area contributed by atoms with Gasteiger partial charge in [-0.1, -0.05) is 17.7 Å². The molecule has 3 heteroatoms. The molecule has 2 rings (SSSR count). The summed E-state index contributed by atoms with van der Waals surface area (Å²) in [5.74, 6) is 0.108. The van der Waals surface area contributed by atoms with Crippen LogP contribution in [0.2, 0.25) is 0 Å². The Morgan fingerprint density at radius 2 is 1.74 bits per heavy atom. The molecule has 3 nitrogen and oxygen atoms in total. The fraction of sp³-hybridized carbons (Fsp3) is 0.562. The molecule has 19 heavy (non-hydrogen) atoms.